The molecule has 0 saturated carbocycles. The van der Waals surface area contributed by atoms with Crippen LogP contribution in [0.2, 0.25) is 0 Å². The van der Waals surface area contributed by atoms with Crippen molar-refractivity contribution < 1.29 is 48.6 Å². The van der Waals surface area contributed by atoms with Crippen LogP contribution < -0.4 is 65.5 Å². The second-order valence-corrected chi connectivity index (χ2v) is 14.7. The van der Waals surface area contributed by atoms with Gasteiger partial charge in [0.2, 0.25) is 23.6 Å². The zero-order chi connectivity index (χ0) is 47.0. The average molecular weight is 895 g/mol. The lowest BCUT2D eigenvalue weighted by molar-refractivity contribution is -0.138. The van der Waals surface area contributed by atoms with Crippen molar-refractivity contribution in [3.63, 3.8) is 0 Å². The smallest absolute Gasteiger partial charge is 0.316 e. The Morgan fingerprint density at radius 1 is 0.469 bits per heavy atom. The third-order valence-corrected chi connectivity index (χ3v) is 9.58. The summed E-state index contributed by atoms with van der Waals surface area (Å²) in [7, 11) is 0. The van der Waals surface area contributed by atoms with Gasteiger partial charge in [-0.3, -0.25) is 38.8 Å². The number of carbonyl (C=O) groups excluding carboxylic acids is 6. The van der Waals surface area contributed by atoms with Crippen LogP contribution in [0.3, 0.4) is 0 Å². The van der Waals surface area contributed by atoms with E-state index < -0.39 is 84.6 Å². The largest absolute Gasteiger partial charge is 0.481 e. The van der Waals surface area contributed by atoms with Crippen LogP contribution in [0, 0.1) is 0 Å². The Hall–Kier alpha value is -7.66. The summed E-state index contributed by atoms with van der Waals surface area (Å²) < 4.78 is 0. The number of aliphatic carboxylic acids is 2. The highest BCUT2D eigenvalue weighted by molar-refractivity contribution is 5.92. The molecule has 0 aliphatic carbocycles. The van der Waals surface area contributed by atoms with Crippen LogP contribution in [0.1, 0.15) is 73.6 Å². The summed E-state index contributed by atoms with van der Waals surface area (Å²) in [5, 5.41) is 39.6. The molecule has 0 aromatic heterocycles. The van der Waals surface area contributed by atoms with Gasteiger partial charge in [0, 0.05) is 52.1 Å². The quantitative estimate of drug-likeness (QED) is 0.0543. The van der Waals surface area contributed by atoms with E-state index in [1.54, 1.807) is 48.5 Å². The maximum absolute atomic E-state index is 13.4. The molecule has 2 aromatic rings. The molecular weight excluding hydrogens is 837 g/mol. The van der Waals surface area contributed by atoms with Crippen LogP contribution in [0.4, 0.5) is 9.59 Å². The number of carbonyl (C=O) groups is 8. The highest BCUT2D eigenvalue weighted by Crippen LogP contribution is 2.10. The SMILES string of the molecule is NC(N)=NCCC[C@@H]1NC(=O)N[C@@H](CCC(=O)O)C(=O)NCc2ccc(cc2)CNC(=O)[C@H](CCC(=O)O)NC(=O)N[C@@H](CCCN=C(N)N)C(=O)NCc2ccc(cc2)CNC1=O. The van der Waals surface area contributed by atoms with Crippen molar-refractivity contribution in [1.29, 1.82) is 0 Å². The third kappa shape index (κ3) is 19.8. The monoisotopic (exact) mass is 894 g/mol. The van der Waals surface area contributed by atoms with E-state index in [1.807, 2.05) is 0 Å². The summed E-state index contributed by atoms with van der Waals surface area (Å²) in [6.45, 7) is 0.323. The minimum atomic E-state index is -1.30. The molecule has 0 unspecified atom stereocenters. The molecule has 18 N–H and O–H groups in total. The summed E-state index contributed by atoms with van der Waals surface area (Å²) in [6, 6.07) is 6.78. The standard InChI is InChI=1S/C40H58N14O10/c41-37(42)45-17-1-3-27-33(59)47-19-23-5-7-24(8-6-23)20-48-34(60)28(4-2-18-46-38(43)44)52-40(64)54-30(14-16-32(57)58)36(62)50-22-26-11-9-25(10-12-26)21-49-35(61)29(13-15-31(55)56)53-39(63)51-27/h5-12,27-30H,1-4,13-22H2,(H,47,59)(H,48,60)(H,49,61)(H,50,62)(H,55,56)(H,57,58)(H4,41,42,45)(H4,43,44,46)(H2,51,53,63)(H2,52,54,64)/t27-,28-,29-,30-/m0/s1. The molecule has 0 fully saturated rings. The molecule has 0 saturated heterocycles. The van der Waals surface area contributed by atoms with E-state index in [9.17, 15) is 48.6 Å². The van der Waals surface area contributed by atoms with Crippen LogP contribution in [-0.2, 0) is 54.9 Å². The van der Waals surface area contributed by atoms with Crippen molar-refractivity contribution in [1.82, 2.24) is 42.5 Å². The van der Waals surface area contributed by atoms with E-state index in [0.29, 0.717) is 22.3 Å². The Balaban J connectivity index is 1.90. The van der Waals surface area contributed by atoms with Gasteiger partial charge in [0.25, 0.3) is 0 Å². The third-order valence-electron chi connectivity index (χ3n) is 9.58. The number of carboxylic acids is 2. The second kappa shape index (κ2) is 26.6. The van der Waals surface area contributed by atoms with Gasteiger partial charge in [-0.05, 0) is 60.8 Å². The molecule has 64 heavy (non-hydrogen) atoms. The summed E-state index contributed by atoms with van der Waals surface area (Å²) in [6.07, 6.45) is -0.670. The predicted molar refractivity (Wildman–Crippen MR) is 232 cm³/mol. The fourth-order valence-corrected chi connectivity index (χ4v) is 6.13. The molecular formula is C40H58N14O10. The number of benzene rings is 2. The van der Waals surface area contributed by atoms with Crippen molar-refractivity contribution in [3.05, 3.63) is 70.8 Å². The summed E-state index contributed by atoms with van der Waals surface area (Å²) in [5.74, 6) is -5.22. The van der Waals surface area contributed by atoms with Crippen LogP contribution in [0.15, 0.2) is 58.5 Å². The number of nitrogens with two attached hydrogens (primary N) is 4. The molecule has 0 radical (unpaired) electrons. The molecule has 4 aliphatic rings. The first kappa shape index (κ1) is 50.7. The average Bonchev–Trinajstić information content (AvgIpc) is 3.25. The molecule has 4 aliphatic heterocycles. The Kier molecular flexibility index (Phi) is 21.1. The summed E-state index contributed by atoms with van der Waals surface area (Å²) in [5.41, 5.74) is 24.2. The fraction of sp³-hybridized carbons (Fsp3) is 0.450. The second-order valence-electron chi connectivity index (χ2n) is 14.7. The lowest BCUT2D eigenvalue weighted by atomic mass is 10.1. The van der Waals surface area contributed by atoms with Crippen LogP contribution in [0.25, 0.3) is 0 Å². The number of nitrogens with zero attached hydrogens (tertiary/aromatic N) is 2. The first-order valence-corrected chi connectivity index (χ1v) is 20.4. The Morgan fingerprint density at radius 2 is 0.719 bits per heavy atom. The van der Waals surface area contributed by atoms with Crippen molar-refractivity contribution in [3.8, 4) is 0 Å². The maximum atomic E-state index is 13.4. The highest BCUT2D eigenvalue weighted by atomic mass is 16.4. The fourth-order valence-electron chi connectivity index (χ4n) is 6.13. The van der Waals surface area contributed by atoms with Crippen molar-refractivity contribution >= 4 is 59.5 Å². The number of guanidine groups is 2. The zero-order valence-corrected chi connectivity index (χ0v) is 35.2. The predicted octanol–water partition coefficient (Wildman–Crippen LogP) is -2.23. The minimum Gasteiger partial charge on any atom is -0.481 e. The number of carboxylic acid groups (broad SMARTS) is 2. The maximum Gasteiger partial charge on any atom is 0.316 e. The number of hydrogen-bond donors (Lipinski definition) is 14. The van der Waals surface area contributed by atoms with Gasteiger partial charge < -0.3 is 75.7 Å². The molecule has 348 valence electrons. The van der Waals surface area contributed by atoms with Crippen molar-refractivity contribution in [2.75, 3.05) is 13.1 Å². The summed E-state index contributed by atoms with van der Waals surface area (Å²) in [4.78, 5) is 111. The topological polar surface area (TPSA) is 402 Å². The molecule has 4 atom stereocenters. The molecule has 24 heteroatoms. The van der Waals surface area contributed by atoms with Gasteiger partial charge in [0.15, 0.2) is 11.9 Å². The molecule has 4 bridgehead atoms. The highest BCUT2D eigenvalue weighted by Gasteiger charge is 2.27. The van der Waals surface area contributed by atoms with Gasteiger partial charge in [-0.25, -0.2) is 9.59 Å². The molecule has 0 spiro atoms. The minimum absolute atomic E-state index is 0.0290. The van der Waals surface area contributed by atoms with Gasteiger partial charge in [0.1, 0.15) is 24.2 Å². The van der Waals surface area contributed by atoms with E-state index >= 15 is 0 Å². The summed E-state index contributed by atoms with van der Waals surface area (Å²) >= 11 is 0. The molecule has 24 nitrogen and oxygen atoms in total. The van der Waals surface area contributed by atoms with Gasteiger partial charge >= 0.3 is 24.0 Å². The van der Waals surface area contributed by atoms with Crippen LogP contribution in [-0.4, -0.2) is 107 Å². The van der Waals surface area contributed by atoms with Crippen LogP contribution >= 0.6 is 0 Å². The van der Waals surface area contributed by atoms with Crippen molar-refractivity contribution in [2.45, 2.75) is 102 Å². The van der Waals surface area contributed by atoms with Gasteiger partial charge in [-0.2, -0.15) is 0 Å². The Morgan fingerprint density at radius 3 is 0.953 bits per heavy atom. The number of hydrogen-bond acceptors (Lipinski definition) is 10. The van der Waals surface area contributed by atoms with Gasteiger partial charge in [-0.1, -0.05) is 48.5 Å². The molecule has 4 heterocycles. The van der Waals surface area contributed by atoms with Crippen LogP contribution in [0.5, 0.6) is 0 Å². The molecule has 2 aromatic carbocycles. The normalized spacial score (nSPS) is 19.4. The number of nitrogens with one attached hydrogen (secondary N) is 8. The van der Waals surface area contributed by atoms with Crippen molar-refractivity contribution in [2.24, 2.45) is 32.9 Å². The van der Waals surface area contributed by atoms with Gasteiger partial charge in [0.05, 0.1) is 0 Å². The van der Waals surface area contributed by atoms with E-state index in [4.69, 9.17) is 22.9 Å². The number of aliphatic imine (C=N–C) groups is 2. The van der Waals surface area contributed by atoms with E-state index in [0.717, 1.165) is 0 Å². The Bertz CT molecular complexity index is 1850. The first-order chi connectivity index (χ1) is 30.5. The first-order valence-electron chi connectivity index (χ1n) is 20.4. The number of amides is 8. The Labute approximate surface area is 368 Å². The number of rotatable bonds is 14. The molecule has 6 rings (SSSR count). The van der Waals surface area contributed by atoms with E-state index in [-0.39, 0.29) is 89.7 Å². The lowest BCUT2D eigenvalue weighted by Gasteiger charge is -2.22. The lowest BCUT2D eigenvalue weighted by Crippen LogP contribution is -2.55. The number of urea groups is 2. The van der Waals surface area contributed by atoms with E-state index in [1.165, 1.54) is 0 Å². The molecule has 8 amide bonds. The van der Waals surface area contributed by atoms with E-state index in [2.05, 4.69) is 52.5 Å². The van der Waals surface area contributed by atoms with Gasteiger partial charge in [-0.15, -0.1) is 0 Å². The zero-order valence-electron chi connectivity index (χ0n) is 35.2.